The lowest BCUT2D eigenvalue weighted by Gasteiger charge is -2.12. The van der Waals surface area contributed by atoms with Crippen LogP contribution in [0.15, 0.2) is 24.3 Å². The Bertz CT molecular complexity index is 464. The van der Waals surface area contributed by atoms with Crippen molar-refractivity contribution in [3.63, 3.8) is 0 Å². The van der Waals surface area contributed by atoms with E-state index in [0.29, 0.717) is 18.6 Å². The highest BCUT2D eigenvalue weighted by Crippen LogP contribution is 2.12. The fourth-order valence-electron chi connectivity index (χ4n) is 1.58. The Labute approximate surface area is 116 Å². The molecule has 2 N–H and O–H groups in total. The molecule has 1 rings (SSSR count). The summed E-state index contributed by atoms with van der Waals surface area (Å²) in [4.78, 5) is 22.2. The van der Waals surface area contributed by atoms with Crippen LogP contribution in [0.5, 0.6) is 5.75 Å². The number of aliphatic carboxylic acids is 1. The molecule has 0 aromatic heterocycles. The summed E-state index contributed by atoms with van der Waals surface area (Å²) in [5.74, 6) is -1.35. The standard InChI is InChI=1S/C14H18FNO4/c1-2-12(14(18)19)16-13(17)7-4-8-20-11-6-3-5-10(15)9-11/h3,5-6,9,12H,2,4,7-8H2,1H3,(H,16,17)(H,18,19). The molecule has 0 aliphatic carbocycles. The summed E-state index contributed by atoms with van der Waals surface area (Å²) in [5, 5.41) is 11.2. The highest BCUT2D eigenvalue weighted by Gasteiger charge is 2.16. The fraction of sp³-hybridized carbons (Fsp3) is 0.429. The van der Waals surface area contributed by atoms with Gasteiger partial charge in [-0.3, -0.25) is 4.79 Å². The highest BCUT2D eigenvalue weighted by atomic mass is 19.1. The summed E-state index contributed by atoms with van der Waals surface area (Å²) in [5.41, 5.74) is 0. The van der Waals surface area contributed by atoms with Gasteiger partial charge >= 0.3 is 5.97 Å². The second kappa shape index (κ2) is 8.14. The molecule has 0 aliphatic heterocycles. The second-order valence-corrected chi connectivity index (χ2v) is 4.28. The van der Waals surface area contributed by atoms with Gasteiger partial charge in [-0.15, -0.1) is 0 Å². The zero-order valence-corrected chi connectivity index (χ0v) is 11.3. The number of ether oxygens (including phenoxy) is 1. The molecule has 1 aromatic rings. The van der Waals surface area contributed by atoms with E-state index < -0.39 is 12.0 Å². The first-order chi connectivity index (χ1) is 9.52. The molecule has 1 atom stereocenters. The average Bonchev–Trinajstić information content (AvgIpc) is 2.40. The Morgan fingerprint density at radius 1 is 1.45 bits per heavy atom. The second-order valence-electron chi connectivity index (χ2n) is 4.28. The number of hydrogen-bond acceptors (Lipinski definition) is 3. The lowest BCUT2D eigenvalue weighted by atomic mass is 10.2. The Morgan fingerprint density at radius 3 is 2.80 bits per heavy atom. The number of carboxylic acid groups (broad SMARTS) is 1. The molecule has 0 aliphatic rings. The van der Waals surface area contributed by atoms with Crippen LogP contribution < -0.4 is 10.1 Å². The Hall–Kier alpha value is -2.11. The zero-order valence-electron chi connectivity index (χ0n) is 11.3. The number of rotatable bonds is 8. The molecule has 0 radical (unpaired) electrons. The zero-order chi connectivity index (χ0) is 15.0. The van der Waals surface area contributed by atoms with Crippen LogP contribution >= 0.6 is 0 Å². The SMILES string of the molecule is CCC(NC(=O)CCCOc1cccc(F)c1)C(=O)O. The summed E-state index contributed by atoms with van der Waals surface area (Å²) < 4.78 is 18.1. The summed E-state index contributed by atoms with van der Waals surface area (Å²) in [6.07, 6.45) is 0.929. The summed E-state index contributed by atoms with van der Waals surface area (Å²) in [6.45, 7) is 1.95. The van der Waals surface area contributed by atoms with Gasteiger partial charge in [0.05, 0.1) is 6.61 Å². The van der Waals surface area contributed by atoms with Gasteiger partial charge in [0.25, 0.3) is 0 Å². The van der Waals surface area contributed by atoms with Crippen molar-refractivity contribution in [2.24, 2.45) is 0 Å². The number of amides is 1. The van der Waals surface area contributed by atoms with Crippen LogP contribution in [-0.2, 0) is 9.59 Å². The van der Waals surface area contributed by atoms with Gasteiger partial charge in [-0.1, -0.05) is 13.0 Å². The topological polar surface area (TPSA) is 75.6 Å². The van der Waals surface area contributed by atoms with Gasteiger partial charge in [0.15, 0.2) is 0 Å². The van der Waals surface area contributed by atoms with Gasteiger partial charge in [0, 0.05) is 12.5 Å². The van der Waals surface area contributed by atoms with Crippen molar-refractivity contribution < 1.29 is 23.8 Å². The minimum Gasteiger partial charge on any atom is -0.493 e. The van der Waals surface area contributed by atoms with Gasteiger partial charge < -0.3 is 15.2 Å². The first-order valence-corrected chi connectivity index (χ1v) is 6.43. The third-order valence-corrected chi connectivity index (χ3v) is 2.65. The molecule has 0 bridgehead atoms. The Morgan fingerprint density at radius 2 is 2.20 bits per heavy atom. The van der Waals surface area contributed by atoms with Crippen molar-refractivity contribution in [2.45, 2.75) is 32.2 Å². The van der Waals surface area contributed by atoms with Crippen molar-refractivity contribution in [1.29, 1.82) is 0 Å². The van der Waals surface area contributed by atoms with Crippen LogP contribution in [0.25, 0.3) is 0 Å². The smallest absolute Gasteiger partial charge is 0.326 e. The van der Waals surface area contributed by atoms with E-state index in [4.69, 9.17) is 9.84 Å². The van der Waals surface area contributed by atoms with Crippen molar-refractivity contribution in [2.75, 3.05) is 6.61 Å². The Balaban J connectivity index is 2.24. The van der Waals surface area contributed by atoms with Gasteiger partial charge in [-0.25, -0.2) is 9.18 Å². The maximum Gasteiger partial charge on any atom is 0.326 e. The molecule has 20 heavy (non-hydrogen) atoms. The van der Waals surface area contributed by atoms with E-state index in [-0.39, 0.29) is 24.8 Å². The van der Waals surface area contributed by atoms with Crippen molar-refractivity contribution in [1.82, 2.24) is 5.32 Å². The number of hydrogen-bond donors (Lipinski definition) is 2. The average molecular weight is 283 g/mol. The van der Waals surface area contributed by atoms with Gasteiger partial charge in [-0.05, 0) is 25.0 Å². The van der Waals surface area contributed by atoms with E-state index in [1.807, 2.05) is 0 Å². The summed E-state index contributed by atoms with van der Waals surface area (Å²) in [7, 11) is 0. The molecule has 1 aromatic carbocycles. The highest BCUT2D eigenvalue weighted by molar-refractivity contribution is 5.83. The van der Waals surface area contributed by atoms with Crippen molar-refractivity contribution in [3.8, 4) is 5.75 Å². The first-order valence-electron chi connectivity index (χ1n) is 6.43. The predicted octanol–water partition coefficient (Wildman–Crippen LogP) is 1.96. The molecule has 1 amide bonds. The van der Waals surface area contributed by atoms with Crippen LogP contribution in [0, 0.1) is 5.82 Å². The molecule has 0 fully saturated rings. The molecule has 0 spiro atoms. The first kappa shape index (κ1) is 15.9. The molecule has 6 heteroatoms. The van der Waals surface area contributed by atoms with Crippen LogP contribution in [0.4, 0.5) is 4.39 Å². The van der Waals surface area contributed by atoms with Gasteiger partial charge in [-0.2, -0.15) is 0 Å². The third kappa shape index (κ3) is 5.69. The van der Waals surface area contributed by atoms with E-state index in [1.54, 1.807) is 13.0 Å². The van der Waals surface area contributed by atoms with Crippen molar-refractivity contribution in [3.05, 3.63) is 30.1 Å². The molecule has 1 unspecified atom stereocenters. The van der Waals surface area contributed by atoms with E-state index in [1.165, 1.54) is 18.2 Å². The van der Waals surface area contributed by atoms with Crippen molar-refractivity contribution >= 4 is 11.9 Å². The van der Waals surface area contributed by atoms with Crippen LogP contribution in [0.1, 0.15) is 26.2 Å². The number of carbonyl (C=O) groups excluding carboxylic acids is 1. The largest absolute Gasteiger partial charge is 0.493 e. The summed E-state index contributed by atoms with van der Waals surface area (Å²) >= 11 is 0. The quantitative estimate of drug-likeness (QED) is 0.715. The Kier molecular flexibility index (Phi) is 6.49. The number of carbonyl (C=O) groups is 2. The lowest BCUT2D eigenvalue weighted by molar-refractivity contribution is -0.141. The predicted molar refractivity (Wildman–Crippen MR) is 71.0 cm³/mol. The van der Waals surface area contributed by atoms with E-state index in [0.717, 1.165) is 0 Å². The van der Waals surface area contributed by atoms with E-state index in [9.17, 15) is 14.0 Å². The molecule has 0 heterocycles. The normalized spacial score (nSPS) is 11.7. The maximum absolute atomic E-state index is 12.9. The minimum atomic E-state index is -1.04. The molecular formula is C14H18FNO4. The summed E-state index contributed by atoms with van der Waals surface area (Å²) in [6, 6.07) is 4.89. The van der Waals surface area contributed by atoms with Crippen LogP contribution in [0.2, 0.25) is 0 Å². The molecule has 5 nitrogen and oxygen atoms in total. The fourth-order valence-corrected chi connectivity index (χ4v) is 1.58. The number of halogens is 1. The number of carboxylic acids is 1. The third-order valence-electron chi connectivity index (χ3n) is 2.65. The van der Waals surface area contributed by atoms with Crippen LogP contribution in [0.3, 0.4) is 0 Å². The van der Waals surface area contributed by atoms with Gasteiger partial charge in [0.2, 0.25) is 5.91 Å². The molecule has 0 saturated carbocycles. The van der Waals surface area contributed by atoms with E-state index >= 15 is 0 Å². The molecule has 110 valence electrons. The van der Waals surface area contributed by atoms with Gasteiger partial charge in [0.1, 0.15) is 17.6 Å². The lowest BCUT2D eigenvalue weighted by Crippen LogP contribution is -2.40. The monoisotopic (exact) mass is 283 g/mol. The molecular weight excluding hydrogens is 265 g/mol. The molecule has 0 saturated heterocycles. The van der Waals surface area contributed by atoms with E-state index in [2.05, 4.69) is 5.32 Å². The number of benzene rings is 1. The maximum atomic E-state index is 12.9. The minimum absolute atomic E-state index is 0.166. The number of nitrogens with one attached hydrogen (secondary N) is 1. The van der Waals surface area contributed by atoms with Crippen LogP contribution in [-0.4, -0.2) is 29.6 Å².